The molecule has 1 heterocycles. The van der Waals surface area contributed by atoms with Crippen molar-refractivity contribution in [3.8, 4) is 0 Å². The zero-order chi connectivity index (χ0) is 13.7. The fourth-order valence-corrected chi connectivity index (χ4v) is 2.75. The Hall–Kier alpha value is -1.35. The summed E-state index contributed by atoms with van der Waals surface area (Å²) in [5.41, 5.74) is 2.48. The van der Waals surface area contributed by atoms with E-state index in [0.29, 0.717) is 5.92 Å². The Morgan fingerprint density at radius 3 is 2.79 bits per heavy atom. The van der Waals surface area contributed by atoms with Crippen LogP contribution in [0.4, 0.5) is 0 Å². The molecule has 2 aromatic rings. The lowest BCUT2D eigenvalue weighted by molar-refractivity contribution is 0.440. The molecule has 0 saturated heterocycles. The minimum absolute atomic E-state index is 0.684. The van der Waals surface area contributed by atoms with Crippen LogP contribution in [0.1, 0.15) is 32.4 Å². The molecular weight excluding hydrogens is 234 g/mol. The molecular formula is C16H25N3. The Morgan fingerprint density at radius 1 is 1.26 bits per heavy atom. The van der Waals surface area contributed by atoms with E-state index in [1.54, 1.807) is 0 Å². The van der Waals surface area contributed by atoms with Crippen LogP contribution in [0, 0.1) is 5.92 Å². The molecule has 3 nitrogen and oxygen atoms in total. The van der Waals surface area contributed by atoms with Gasteiger partial charge in [-0.25, -0.2) is 0 Å². The van der Waals surface area contributed by atoms with Crippen molar-refractivity contribution in [2.45, 2.75) is 33.1 Å². The molecule has 0 saturated carbocycles. The van der Waals surface area contributed by atoms with Gasteiger partial charge < -0.3 is 5.32 Å². The predicted octanol–water partition coefficient (Wildman–Crippen LogP) is 3.14. The highest BCUT2D eigenvalue weighted by Gasteiger charge is 2.14. The molecule has 0 radical (unpaired) electrons. The fraction of sp³-hybridized carbons (Fsp3) is 0.562. The summed E-state index contributed by atoms with van der Waals surface area (Å²) in [5, 5.41) is 9.49. The van der Waals surface area contributed by atoms with E-state index in [9.17, 15) is 0 Å². The first-order valence-corrected chi connectivity index (χ1v) is 7.37. The van der Waals surface area contributed by atoms with Crippen molar-refractivity contribution in [2.24, 2.45) is 13.0 Å². The molecule has 19 heavy (non-hydrogen) atoms. The zero-order valence-electron chi connectivity index (χ0n) is 12.3. The minimum Gasteiger partial charge on any atom is -0.317 e. The largest absolute Gasteiger partial charge is 0.317 e. The second kappa shape index (κ2) is 6.71. The van der Waals surface area contributed by atoms with Crippen molar-refractivity contribution in [3.05, 3.63) is 30.0 Å². The summed E-state index contributed by atoms with van der Waals surface area (Å²) < 4.78 is 2.00. The average Bonchev–Trinajstić information content (AvgIpc) is 2.74. The van der Waals surface area contributed by atoms with E-state index in [0.717, 1.165) is 19.5 Å². The standard InChI is InChI=1S/C16H25N3/c1-4-8-13(12-17-5-2)11-15-14-9-6-7-10-16(14)19(3)18-15/h6-7,9-10,13,17H,4-5,8,11-12H2,1-3H3. The van der Waals surface area contributed by atoms with Gasteiger partial charge >= 0.3 is 0 Å². The third kappa shape index (κ3) is 3.35. The van der Waals surface area contributed by atoms with Gasteiger partial charge in [0, 0.05) is 12.4 Å². The fourth-order valence-electron chi connectivity index (χ4n) is 2.75. The summed E-state index contributed by atoms with van der Waals surface area (Å²) >= 11 is 0. The number of nitrogens with one attached hydrogen (secondary N) is 1. The van der Waals surface area contributed by atoms with Crippen LogP contribution in [-0.4, -0.2) is 22.9 Å². The molecule has 0 amide bonds. The van der Waals surface area contributed by atoms with Crippen LogP contribution >= 0.6 is 0 Å². The molecule has 2 rings (SSSR count). The van der Waals surface area contributed by atoms with Crippen LogP contribution < -0.4 is 5.32 Å². The highest BCUT2D eigenvalue weighted by Crippen LogP contribution is 2.21. The van der Waals surface area contributed by atoms with Crippen LogP contribution in [0.25, 0.3) is 10.9 Å². The quantitative estimate of drug-likeness (QED) is 0.828. The number of aromatic nitrogens is 2. The molecule has 1 atom stereocenters. The van der Waals surface area contributed by atoms with Crippen LogP contribution in [0.2, 0.25) is 0 Å². The summed E-state index contributed by atoms with van der Waals surface area (Å²) in [6.45, 7) is 6.56. The second-order valence-corrected chi connectivity index (χ2v) is 5.25. The molecule has 1 N–H and O–H groups in total. The first-order valence-electron chi connectivity index (χ1n) is 7.37. The smallest absolute Gasteiger partial charge is 0.0706 e. The van der Waals surface area contributed by atoms with Crippen molar-refractivity contribution < 1.29 is 0 Å². The van der Waals surface area contributed by atoms with Crippen molar-refractivity contribution in [3.63, 3.8) is 0 Å². The summed E-state index contributed by atoms with van der Waals surface area (Å²) in [5.74, 6) is 0.684. The number of fused-ring (bicyclic) bond motifs is 1. The molecule has 0 bridgehead atoms. The van der Waals surface area contributed by atoms with Gasteiger partial charge in [-0.15, -0.1) is 0 Å². The molecule has 104 valence electrons. The molecule has 0 aliphatic heterocycles. The van der Waals surface area contributed by atoms with Crippen molar-refractivity contribution in [1.82, 2.24) is 15.1 Å². The van der Waals surface area contributed by atoms with Gasteiger partial charge in [0.25, 0.3) is 0 Å². The van der Waals surface area contributed by atoms with E-state index in [1.165, 1.54) is 29.4 Å². The normalized spacial score (nSPS) is 13.0. The van der Waals surface area contributed by atoms with Crippen LogP contribution in [0.5, 0.6) is 0 Å². The molecule has 3 heteroatoms. The van der Waals surface area contributed by atoms with Gasteiger partial charge in [-0.3, -0.25) is 4.68 Å². The summed E-state index contributed by atoms with van der Waals surface area (Å²) in [6.07, 6.45) is 3.57. The van der Waals surface area contributed by atoms with Crippen molar-refractivity contribution in [2.75, 3.05) is 13.1 Å². The number of rotatable bonds is 7. The van der Waals surface area contributed by atoms with Crippen molar-refractivity contribution >= 4 is 10.9 Å². The Bertz CT molecular complexity index is 516. The third-order valence-electron chi connectivity index (χ3n) is 3.70. The lowest BCUT2D eigenvalue weighted by Gasteiger charge is -2.15. The minimum atomic E-state index is 0.684. The Labute approximate surface area is 116 Å². The van der Waals surface area contributed by atoms with Crippen LogP contribution in [-0.2, 0) is 13.5 Å². The van der Waals surface area contributed by atoms with Gasteiger partial charge in [0.15, 0.2) is 0 Å². The average molecular weight is 259 g/mol. The summed E-state index contributed by atoms with van der Waals surface area (Å²) in [6, 6.07) is 8.52. The van der Waals surface area contributed by atoms with E-state index >= 15 is 0 Å². The SMILES string of the molecule is CCCC(CNCC)Cc1nn(C)c2ccccc12. The number of aryl methyl sites for hydroxylation is 1. The predicted molar refractivity (Wildman–Crippen MR) is 81.4 cm³/mol. The van der Waals surface area contributed by atoms with E-state index in [-0.39, 0.29) is 0 Å². The van der Waals surface area contributed by atoms with Crippen molar-refractivity contribution in [1.29, 1.82) is 0 Å². The molecule has 0 spiro atoms. The lowest BCUT2D eigenvalue weighted by atomic mass is 9.96. The van der Waals surface area contributed by atoms with Crippen LogP contribution in [0.15, 0.2) is 24.3 Å². The Balaban J connectivity index is 2.18. The first-order chi connectivity index (χ1) is 9.26. The third-order valence-corrected chi connectivity index (χ3v) is 3.70. The first kappa shape index (κ1) is 14.1. The maximum absolute atomic E-state index is 4.71. The van der Waals surface area contributed by atoms with Gasteiger partial charge in [0.1, 0.15) is 0 Å². The highest BCUT2D eigenvalue weighted by atomic mass is 15.3. The molecule has 1 aromatic carbocycles. The summed E-state index contributed by atoms with van der Waals surface area (Å²) in [4.78, 5) is 0. The number of para-hydroxylation sites is 1. The second-order valence-electron chi connectivity index (χ2n) is 5.25. The highest BCUT2D eigenvalue weighted by molar-refractivity contribution is 5.81. The molecule has 0 aliphatic rings. The maximum atomic E-state index is 4.71. The van der Waals surface area contributed by atoms with Gasteiger partial charge in [-0.1, -0.05) is 38.5 Å². The number of hydrogen-bond acceptors (Lipinski definition) is 2. The molecule has 1 unspecified atom stereocenters. The van der Waals surface area contributed by atoms with E-state index in [2.05, 4.69) is 43.4 Å². The van der Waals surface area contributed by atoms with E-state index < -0.39 is 0 Å². The van der Waals surface area contributed by atoms with E-state index in [1.807, 2.05) is 11.7 Å². The lowest BCUT2D eigenvalue weighted by Crippen LogP contribution is -2.24. The molecule has 0 fully saturated rings. The Kier molecular flexibility index (Phi) is 4.97. The number of hydrogen-bond donors (Lipinski definition) is 1. The zero-order valence-corrected chi connectivity index (χ0v) is 12.3. The number of nitrogens with zero attached hydrogens (tertiary/aromatic N) is 2. The Morgan fingerprint density at radius 2 is 2.05 bits per heavy atom. The van der Waals surface area contributed by atoms with Gasteiger partial charge in [0.2, 0.25) is 0 Å². The van der Waals surface area contributed by atoms with Crippen LogP contribution in [0.3, 0.4) is 0 Å². The van der Waals surface area contributed by atoms with E-state index in [4.69, 9.17) is 5.10 Å². The number of benzene rings is 1. The molecule has 0 aliphatic carbocycles. The van der Waals surface area contributed by atoms with Gasteiger partial charge in [-0.05, 0) is 37.9 Å². The monoisotopic (exact) mass is 259 g/mol. The molecule has 1 aromatic heterocycles. The van der Waals surface area contributed by atoms with Gasteiger partial charge in [0.05, 0.1) is 11.2 Å². The van der Waals surface area contributed by atoms with Gasteiger partial charge in [-0.2, -0.15) is 5.10 Å². The topological polar surface area (TPSA) is 29.9 Å². The summed E-state index contributed by atoms with van der Waals surface area (Å²) in [7, 11) is 2.03. The maximum Gasteiger partial charge on any atom is 0.0706 e.